The van der Waals surface area contributed by atoms with Gasteiger partial charge < -0.3 is 4.48 Å². The molecule has 126 valence electrons. The van der Waals surface area contributed by atoms with Crippen molar-refractivity contribution in [3.05, 3.63) is 0 Å². The molecule has 0 unspecified atom stereocenters. The Kier molecular flexibility index (Phi) is 8.21. The van der Waals surface area contributed by atoms with Crippen LogP contribution >= 0.6 is 0 Å². The fourth-order valence-electron chi connectivity index (χ4n) is 3.20. The molecule has 0 aromatic heterocycles. The molecule has 0 aliphatic carbocycles. The molecule has 0 N–H and O–H groups in total. The summed E-state index contributed by atoms with van der Waals surface area (Å²) in [7, 11) is -3.02. The zero-order chi connectivity index (χ0) is 15.8. The Morgan fingerprint density at radius 3 is 1.90 bits per heavy atom. The largest absolute Gasteiger partial charge is 0.322 e. The van der Waals surface area contributed by atoms with E-state index in [1.807, 2.05) is 0 Å². The van der Waals surface area contributed by atoms with E-state index in [4.69, 9.17) is 0 Å². The van der Waals surface area contributed by atoms with Crippen molar-refractivity contribution < 1.29 is 12.9 Å². The quantitative estimate of drug-likeness (QED) is 0.459. The fourth-order valence-corrected chi connectivity index (χ4v) is 4.75. The summed E-state index contributed by atoms with van der Waals surface area (Å²) >= 11 is 0. The lowest BCUT2D eigenvalue weighted by Gasteiger charge is -2.43. The first-order valence-corrected chi connectivity index (χ1v) is 10.4. The van der Waals surface area contributed by atoms with E-state index >= 15 is 0 Å². The number of hydrogen-bond donors (Lipinski definition) is 0. The minimum atomic E-state index is -3.02. The highest BCUT2D eigenvalue weighted by Gasteiger charge is 2.34. The van der Waals surface area contributed by atoms with Crippen LogP contribution in [0.2, 0.25) is 0 Å². The third-order valence-electron chi connectivity index (χ3n) is 5.14. The topological polar surface area (TPSA) is 37.4 Å². The third-order valence-corrected chi connectivity index (χ3v) is 7.09. The van der Waals surface area contributed by atoms with Crippen molar-refractivity contribution in [1.82, 2.24) is 4.31 Å². The molecule has 0 saturated carbocycles. The zero-order valence-corrected chi connectivity index (χ0v) is 15.1. The second-order valence-electron chi connectivity index (χ2n) is 6.40. The monoisotopic (exact) mass is 319 g/mol. The van der Waals surface area contributed by atoms with Gasteiger partial charge in [-0.1, -0.05) is 39.0 Å². The molecule has 0 radical (unpaired) electrons. The maximum absolute atomic E-state index is 12.4. The Hall–Kier alpha value is -0.130. The Bertz CT molecular complexity index is 368. The molecule has 0 amide bonds. The first-order valence-electron chi connectivity index (χ1n) is 8.82. The second kappa shape index (κ2) is 9.11. The molecule has 4 nitrogen and oxygen atoms in total. The highest BCUT2D eigenvalue weighted by molar-refractivity contribution is 7.89. The maximum atomic E-state index is 12.4. The van der Waals surface area contributed by atoms with Gasteiger partial charge in [0, 0.05) is 0 Å². The van der Waals surface area contributed by atoms with Gasteiger partial charge in [0.15, 0.2) is 0 Å². The van der Waals surface area contributed by atoms with Gasteiger partial charge in [0.2, 0.25) is 10.0 Å². The van der Waals surface area contributed by atoms with Crippen molar-refractivity contribution in [2.24, 2.45) is 0 Å². The molecule has 0 aromatic rings. The van der Waals surface area contributed by atoms with E-state index in [1.165, 1.54) is 25.7 Å². The first-order chi connectivity index (χ1) is 9.99. The average Bonchev–Trinajstić information content (AvgIpc) is 2.50. The molecular formula is C16H35N2O2S+. The molecule has 21 heavy (non-hydrogen) atoms. The number of likely N-dealkylation sites (N-methyl/N-ethyl adjacent to an activating group) is 1. The van der Waals surface area contributed by atoms with Crippen molar-refractivity contribution in [3.63, 3.8) is 0 Å². The van der Waals surface area contributed by atoms with Gasteiger partial charge in [0.25, 0.3) is 0 Å². The Labute approximate surface area is 132 Å². The Balaban J connectivity index is 2.32. The molecular weight excluding hydrogens is 284 g/mol. The standard InChI is InChI=1S/C16H35N2O2S/c1-4-7-8-9-10-11-16-21(19,20)17-12-14-18(5-2,6-3)15-13-17/h4-16H2,1-3H3/q+1. The van der Waals surface area contributed by atoms with Crippen LogP contribution in [0.25, 0.3) is 0 Å². The van der Waals surface area contributed by atoms with Gasteiger partial charge in [0.1, 0.15) is 0 Å². The summed E-state index contributed by atoms with van der Waals surface area (Å²) in [6.07, 6.45) is 6.80. The van der Waals surface area contributed by atoms with Crippen molar-refractivity contribution in [1.29, 1.82) is 0 Å². The molecule has 1 heterocycles. The molecule has 1 aliphatic rings. The van der Waals surface area contributed by atoms with Gasteiger partial charge >= 0.3 is 0 Å². The van der Waals surface area contributed by atoms with Crippen LogP contribution in [0.1, 0.15) is 59.3 Å². The van der Waals surface area contributed by atoms with E-state index in [-0.39, 0.29) is 0 Å². The number of sulfonamides is 1. The van der Waals surface area contributed by atoms with E-state index in [0.717, 1.165) is 43.5 Å². The molecule has 1 rings (SSSR count). The first kappa shape index (κ1) is 18.9. The van der Waals surface area contributed by atoms with E-state index in [1.54, 1.807) is 4.31 Å². The van der Waals surface area contributed by atoms with Gasteiger partial charge in [-0.15, -0.1) is 0 Å². The lowest BCUT2D eigenvalue weighted by molar-refractivity contribution is -0.928. The normalized spacial score (nSPS) is 19.8. The number of rotatable bonds is 10. The van der Waals surface area contributed by atoms with Crippen LogP contribution in [0.4, 0.5) is 0 Å². The summed E-state index contributed by atoms with van der Waals surface area (Å²) in [6, 6.07) is 0. The average molecular weight is 320 g/mol. The molecule has 0 atom stereocenters. The number of nitrogens with zero attached hydrogens (tertiary/aromatic N) is 2. The summed E-state index contributed by atoms with van der Waals surface area (Å²) < 4.78 is 27.6. The van der Waals surface area contributed by atoms with Gasteiger partial charge in [0.05, 0.1) is 45.0 Å². The Morgan fingerprint density at radius 1 is 0.857 bits per heavy atom. The number of piperazine rings is 1. The van der Waals surface area contributed by atoms with Crippen molar-refractivity contribution in [2.75, 3.05) is 45.0 Å². The smallest absolute Gasteiger partial charge is 0.214 e. The van der Waals surface area contributed by atoms with E-state index in [9.17, 15) is 8.42 Å². The molecule has 0 bridgehead atoms. The van der Waals surface area contributed by atoms with Gasteiger partial charge in [-0.2, -0.15) is 4.31 Å². The lowest BCUT2D eigenvalue weighted by atomic mass is 10.1. The van der Waals surface area contributed by atoms with E-state index < -0.39 is 10.0 Å². The van der Waals surface area contributed by atoms with Gasteiger partial charge in [-0.25, -0.2) is 8.42 Å². The fraction of sp³-hybridized carbons (Fsp3) is 1.00. The minimum Gasteiger partial charge on any atom is -0.322 e. The van der Waals surface area contributed by atoms with Crippen molar-refractivity contribution >= 4 is 10.0 Å². The van der Waals surface area contributed by atoms with Crippen LogP contribution in [0.5, 0.6) is 0 Å². The highest BCUT2D eigenvalue weighted by atomic mass is 32.2. The van der Waals surface area contributed by atoms with Gasteiger partial charge in [-0.05, 0) is 20.3 Å². The van der Waals surface area contributed by atoms with E-state index in [2.05, 4.69) is 20.8 Å². The highest BCUT2D eigenvalue weighted by Crippen LogP contribution is 2.16. The van der Waals surface area contributed by atoms with Crippen LogP contribution in [-0.2, 0) is 10.0 Å². The molecule has 1 saturated heterocycles. The maximum Gasteiger partial charge on any atom is 0.214 e. The summed E-state index contributed by atoms with van der Waals surface area (Å²) in [4.78, 5) is 0. The van der Waals surface area contributed by atoms with Crippen molar-refractivity contribution in [2.45, 2.75) is 59.3 Å². The summed E-state index contributed by atoms with van der Waals surface area (Å²) in [6.45, 7) is 12.2. The third kappa shape index (κ3) is 5.87. The summed E-state index contributed by atoms with van der Waals surface area (Å²) in [5, 5.41) is 0. The summed E-state index contributed by atoms with van der Waals surface area (Å²) in [5.74, 6) is 0.345. The molecule has 1 aliphatic heterocycles. The zero-order valence-electron chi connectivity index (χ0n) is 14.3. The molecule has 5 heteroatoms. The number of quaternary nitrogens is 1. The Morgan fingerprint density at radius 2 is 1.38 bits per heavy atom. The number of unbranched alkanes of at least 4 members (excludes halogenated alkanes) is 5. The SMILES string of the molecule is CCCCCCCCS(=O)(=O)N1CC[N+](CC)(CC)CC1. The van der Waals surface area contributed by atoms with Crippen LogP contribution in [0.15, 0.2) is 0 Å². The van der Waals surface area contributed by atoms with Crippen LogP contribution in [-0.4, -0.2) is 62.2 Å². The van der Waals surface area contributed by atoms with Gasteiger partial charge in [-0.3, -0.25) is 0 Å². The van der Waals surface area contributed by atoms with Crippen LogP contribution in [0.3, 0.4) is 0 Å². The number of hydrogen-bond acceptors (Lipinski definition) is 2. The van der Waals surface area contributed by atoms with E-state index in [0.29, 0.717) is 18.8 Å². The molecule has 0 aromatic carbocycles. The molecule has 1 fully saturated rings. The minimum absolute atomic E-state index is 0.345. The summed E-state index contributed by atoms with van der Waals surface area (Å²) in [5.41, 5.74) is 0. The second-order valence-corrected chi connectivity index (χ2v) is 8.49. The lowest BCUT2D eigenvalue weighted by Crippen LogP contribution is -2.60. The van der Waals surface area contributed by atoms with Crippen LogP contribution in [0, 0.1) is 0 Å². The predicted octanol–water partition coefficient (Wildman–Crippen LogP) is 2.85. The predicted molar refractivity (Wildman–Crippen MR) is 89.8 cm³/mol. The van der Waals surface area contributed by atoms with Crippen LogP contribution < -0.4 is 0 Å². The molecule has 0 spiro atoms. The van der Waals surface area contributed by atoms with Crippen molar-refractivity contribution in [3.8, 4) is 0 Å².